The Kier molecular flexibility index (Phi) is 5.25. The molecule has 1 aliphatic carbocycles. The Hall–Kier alpha value is -1.99. The maximum atomic E-state index is 13.4. The van der Waals surface area contributed by atoms with E-state index in [1.165, 1.54) is 31.4 Å². The smallest absolute Gasteiger partial charge is 0.416 e. The van der Waals surface area contributed by atoms with Gasteiger partial charge in [-0.1, -0.05) is 29.8 Å². The molecule has 1 aromatic rings. The Morgan fingerprint density at radius 1 is 1.46 bits per heavy atom. The van der Waals surface area contributed by atoms with Crippen molar-refractivity contribution in [3.63, 3.8) is 0 Å². The van der Waals surface area contributed by atoms with E-state index in [-0.39, 0.29) is 24.1 Å². The molecule has 130 valence electrons. The second-order valence-electron chi connectivity index (χ2n) is 5.46. The number of hydrazine groups is 1. The summed E-state index contributed by atoms with van der Waals surface area (Å²) < 4.78 is 44.9. The lowest BCUT2D eigenvalue weighted by Crippen LogP contribution is -2.34. The van der Waals surface area contributed by atoms with Gasteiger partial charge in [-0.05, 0) is 36.6 Å². The van der Waals surface area contributed by atoms with Crippen LogP contribution in [-0.4, -0.2) is 13.1 Å². The first-order chi connectivity index (χ1) is 11.2. The maximum absolute atomic E-state index is 13.4. The van der Waals surface area contributed by atoms with Crippen LogP contribution in [0.1, 0.15) is 17.5 Å². The number of nitrogen functional groups attached to an aromatic ring is 1. The number of benzene rings is 1. The minimum atomic E-state index is -4.58. The van der Waals surface area contributed by atoms with E-state index >= 15 is 0 Å². The third kappa shape index (κ3) is 3.73. The van der Waals surface area contributed by atoms with Crippen molar-refractivity contribution in [3.8, 4) is 0 Å². The van der Waals surface area contributed by atoms with Crippen LogP contribution in [0, 0.1) is 5.41 Å². The molecule has 0 saturated heterocycles. The van der Waals surface area contributed by atoms with Gasteiger partial charge in [-0.3, -0.25) is 10.6 Å². The number of methoxy groups -OCH3 is 1. The molecular weight excluding hydrogens is 345 g/mol. The molecular formula is C16H16ClF3N2O2. The SMILES string of the molecule is COC(=O)C1(Cc2ccc(NN)cc2C(F)(F)F)C=CC(Cl)=CC1. The van der Waals surface area contributed by atoms with Gasteiger partial charge in [0.2, 0.25) is 0 Å². The maximum Gasteiger partial charge on any atom is 0.416 e. The number of nitrogens with one attached hydrogen (secondary N) is 1. The van der Waals surface area contributed by atoms with Crippen LogP contribution in [-0.2, 0) is 22.1 Å². The van der Waals surface area contributed by atoms with Crippen molar-refractivity contribution in [1.29, 1.82) is 0 Å². The summed E-state index contributed by atoms with van der Waals surface area (Å²) >= 11 is 5.86. The molecule has 0 heterocycles. The van der Waals surface area contributed by atoms with Crippen molar-refractivity contribution >= 4 is 23.3 Å². The summed E-state index contributed by atoms with van der Waals surface area (Å²) in [4.78, 5) is 12.2. The molecule has 0 bridgehead atoms. The molecule has 1 atom stereocenters. The van der Waals surface area contributed by atoms with Gasteiger partial charge in [-0.2, -0.15) is 13.2 Å². The first-order valence-corrected chi connectivity index (χ1v) is 7.40. The number of esters is 1. The molecule has 0 saturated carbocycles. The molecule has 1 unspecified atom stereocenters. The highest BCUT2D eigenvalue weighted by Gasteiger charge is 2.41. The summed E-state index contributed by atoms with van der Waals surface area (Å²) in [6.07, 6.45) is -0.0197. The molecule has 0 spiro atoms. The lowest BCUT2D eigenvalue weighted by Gasteiger charge is -2.30. The van der Waals surface area contributed by atoms with E-state index in [1.54, 1.807) is 6.08 Å². The van der Waals surface area contributed by atoms with Gasteiger partial charge < -0.3 is 10.2 Å². The Balaban J connectivity index is 2.47. The van der Waals surface area contributed by atoms with Gasteiger partial charge in [0.25, 0.3) is 0 Å². The molecule has 24 heavy (non-hydrogen) atoms. The molecule has 1 aliphatic rings. The molecule has 0 radical (unpaired) electrons. The highest BCUT2D eigenvalue weighted by Crippen LogP contribution is 2.40. The molecule has 0 amide bonds. The zero-order valence-electron chi connectivity index (χ0n) is 12.8. The molecule has 4 nitrogen and oxygen atoms in total. The Bertz CT molecular complexity index is 701. The minimum absolute atomic E-state index is 0.0250. The molecule has 2 rings (SSSR count). The summed E-state index contributed by atoms with van der Waals surface area (Å²) in [6, 6.07) is 3.64. The van der Waals surface area contributed by atoms with Crippen molar-refractivity contribution in [2.75, 3.05) is 12.5 Å². The topological polar surface area (TPSA) is 64.3 Å². The highest BCUT2D eigenvalue weighted by molar-refractivity contribution is 6.31. The monoisotopic (exact) mass is 360 g/mol. The van der Waals surface area contributed by atoms with Crippen molar-refractivity contribution in [3.05, 3.63) is 52.6 Å². The van der Waals surface area contributed by atoms with E-state index in [2.05, 4.69) is 5.43 Å². The second kappa shape index (κ2) is 6.86. The van der Waals surface area contributed by atoms with Crippen LogP contribution >= 0.6 is 11.6 Å². The van der Waals surface area contributed by atoms with Gasteiger partial charge in [0, 0.05) is 10.7 Å². The number of alkyl halides is 3. The summed E-state index contributed by atoms with van der Waals surface area (Å²) in [5.41, 5.74) is 0.204. The van der Waals surface area contributed by atoms with Gasteiger partial charge in [0.15, 0.2) is 0 Å². The number of carbonyl (C=O) groups excluding carboxylic acids is 1. The van der Waals surface area contributed by atoms with Crippen molar-refractivity contribution in [2.24, 2.45) is 11.3 Å². The predicted octanol–water partition coefficient (Wildman–Crippen LogP) is 3.78. The summed E-state index contributed by atoms with van der Waals surface area (Å²) in [5.74, 6) is 4.56. The third-order valence-corrected chi connectivity index (χ3v) is 4.18. The standard InChI is InChI=1S/C16H16ClF3N2O2/c1-24-14(23)15(6-4-11(17)5-7-15)9-10-2-3-12(22-21)8-13(10)16(18,19)20/h2-6,8,22H,7,9,21H2,1H3. The van der Waals surface area contributed by atoms with Gasteiger partial charge in [0.05, 0.1) is 18.1 Å². The number of nitrogens with two attached hydrogens (primary N) is 1. The van der Waals surface area contributed by atoms with Crippen molar-refractivity contribution in [2.45, 2.75) is 19.0 Å². The van der Waals surface area contributed by atoms with E-state index in [1.807, 2.05) is 0 Å². The summed E-state index contributed by atoms with van der Waals surface area (Å²) in [7, 11) is 1.20. The van der Waals surface area contributed by atoms with Gasteiger partial charge in [-0.15, -0.1) is 0 Å². The van der Waals surface area contributed by atoms with E-state index < -0.39 is 23.1 Å². The van der Waals surface area contributed by atoms with Crippen LogP contribution in [0.4, 0.5) is 18.9 Å². The normalized spacial score (nSPS) is 20.5. The number of ether oxygens (including phenoxy) is 1. The molecule has 0 aromatic heterocycles. The summed E-state index contributed by atoms with van der Waals surface area (Å²) in [5, 5.41) is 0.424. The number of anilines is 1. The first-order valence-electron chi connectivity index (χ1n) is 7.02. The molecule has 1 aromatic carbocycles. The fraction of sp³-hybridized carbons (Fsp3) is 0.312. The fourth-order valence-electron chi connectivity index (χ4n) is 2.64. The van der Waals surface area contributed by atoms with Crippen LogP contribution < -0.4 is 11.3 Å². The highest BCUT2D eigenvalue weighted by atomic mass is 35.5. The lowest BCUT2D eigenvalue weighted by molar-refractivity contribution is -0.150. The van der Waals surface area contributed by atoms with Crippen LogP contribution in [0.25, 0.3) is 0 Å². The Labute approximate surface area is 142 Å². The molecule has 0 aliphatic heterocycles. The Morgan fingerprint density at radius 2 is 2.17 bits per heavy atom. The Morgan fingerprint density at radius 3 is 2.67 bits per heavy atom. The lowest BCUT2D eigenvalue weighted by atomic mass is 9.75. The number of carbonyl (C=O) groups is 1. The summed E-state index contributed by atoms with van der Waals surface area (Å²) in [6.45, 7) is 0. The quantitative estimate of drug-likeness (QED) is 0.487. The molecule has 0 fully saturated rings. The zero-order valence-corrected chi connectivity index (χ0v) is 13.5. The largest absolute Gasteiger partial charge is 0.468 e. The van der Waals surface area contributed by atoms with E-state index in [0.29, 0.717) is 5.03 Å². The average Bonchev–Trinajstić information content (AvgIpc) is 2.55. The van der Waals surface area contributed by atoms with Crippen LogP contribution in [0.15, 0.2) is 41.5 Å². The second-order valence-corrected chi connectivity index (χ2v) is 5.90. The van der Waals surface area contributed by atoms with Gasteiger partial charge >= 0.3 is 12.1 Å². The average molecular weight is 361 g/mol. The van der Waals surface area contributed by atoms with Gasteiger partial charge in [-0.25, -0.2) is 0 Å². The van der Waals surface area contributed by atoms with Crippen LogP contribution in [0.5, 0.6) is 0 Å². The molecule has 3 N–H and O–H groups in total. The minimum Gasteiger partial charge on any atom is -0.468 e. The third-order valence-electron chi connectivity index (χ3n) is 3.90. The number of rotatable bonds is 4. The fourth-order valence-corrected chi connectivity index (χ4v) is 2.78. The number of hydrogen-bond donors (Lipinski definition) is 2. The van der Waals surface area contributed by atoms with Crippen molar-refractivity contribution in [1.82, 2.24) is 0 Å². The van der Waals surface area contributed by atoms with E-state index in [0.717, 1.165) is 6.07 Å². The zero-order chi connectivity index (χ0) is 18.0. The number of allylic oxidation sites excluding steroid dienone is 3. The van der Waals surface area contributed by atoms with E-state index in [4.69, 9.17) is 22.2 Å². The number of halogens is 4. The predicted molar refractivity (Wildman–Crippen MR) is 85.1 cm³/mol. The van der Waals surface area contributed by atoms with Crippen LogP contribution in [0.2, 0.25) is 0 Å². The van der Waals surface area contributed by atoms with Crippen molar-refractivity contribution < 1.29 is 22.7 Å². The van der Waals surface area contributed by atoms with Gasteiger partial charge in [0.1, 0.15) is 0 Å². The number of hydrogen-bond acceptors (Lipinski definition) is 4. The van der Waals surface area contributed by atoms with Crippen LogP contribution in [0.3, 0.4) is 0 Å². The van der Waals surface area contributed by atoms with E-state index in [9.17, 15) is 18.0 Å². The first kappa shape index (κ1) is 18.4. The molecule has 8 heteroatoms.